The van der Waals surface area contributed by atoms with Crippen molar-refractivity contribution in [3.63, 3.8) is 0 Å². The molecule has 0 saturated heterocycles. The van der Waals surface area contributed by atoms with Gasteiger partial charge in [0.15, 0.2) is 0 Å². The van der Waals surface area contributed by atoms with E-state index in [2.05, 4.69) is 25.8 Å². The molecular formula is C15H30N2. The quantitative estimate of drug-likeness (QED) is 0.819. The lowest BCUT2D eigenvalue weighted by atomic mass is 9.72. The Balaban J connectivity index is 2.05. The van der Waals surface area contributed by atoms with E-state index in [1.807, 2.05) is 0 Å². The summed E-state index contributed by atoms with van der Waals surface area (Å²) in [5.41, 5.74) is 6.43. The van der Waals surface area contributed by atoms with Crippen LogP contribution >= 0.6 is 0 Å². The summed E-state index contributed by atoms with van der Waals surface area (Å²) in [5, 5.41) is 0. The summed E-state index contributed by atoms with van der Waals surface area (Å²) in [6.07, 6.45) is 9.70. The summed E-state index contributed by atoms with van der Waals surface area (Å²) < 4.78 is 0. The van der Waals surface area contributed by atoms with Crippen LogP contribution in [0.4, 0.5) is 0 Å². The molecule has 0 aromatic heterocycles. The lowest BCUT2D eigenvalue weighted by Crippen LogP contribution is -2.51. The van der Waals surface area contributed by atoms with E-state index in [4.69, 9.17) is 5.73 Å². The van der Waals surface area contributed by atoms with Crippen LogP contribution in [0.15, 0.2) is 0 Å². The second kappa shape index (κ2) is 5.27. The van der Waals surface area contributed by atoms with Gasteiger partial charge in [-0.3, -0.25) is 4.90 Å². The van der Waals surface area contributed by atoms with Gasteiger partial charge >= 0.3 is 0 Å². The smallest absolute Gasteiger partial charge is 0.0146 e. The highest BCUT2D eigenvalue weighted by molar-refractivity contribution is 4.94. The van der Waals surface area contributed by atoms with E-state index in [1.54, 1.807) is 0 Å². The van der Waals surface area contributed by atoms with Crippen molar-refractivity contribution in [1.82, 2.24) is 4.90 Å². The minimum absolute atomic E-state index is 0.495. The molecule has 0 spiro atoms. The molecule has 0 aromatic carbocycles. The molecule has 2 nitrogen and oxygen atoms in total. The third-order valence-corrected chi connectivity index (χ3v) is 5.39. The first-order chi connectivity index (χ1) is 8.06. The van der Waals surface area contributed by atoms with Crippen LogP contribution in [-0.2, 0) is 0 Å². The van der Waals surface area contributed by atoms with Gasteiger partial charge < -0.3 is 5.73 Å². The van der Waals surface area contributed by atoms with E-state index in [9.17, 15) is 0 Å². The Morgan fingerprint density at radius 3 is 2.53 bits per heavy atom. The summed E-state index contributed by atoms with van der Waals surface area (Å²) in [5.74, 6) is 0.748. The predicted octanol–water partition coefficient (Wildman–Crippen LogP) is 3.01. The van der Waals surface area contributed by atoms with Gasteiger partial charge in [-0.1, -0.05) is 33.1 Å². The fourth-order valence-corrected chi connectivity index (χ4v) is 4.29. The fraction of sp³-hybridized carbons (Fsp3) is 1.00. The molecule has 17 heavy (non-hydrogen) atoms. The van der Waals surface area contributed by atoms with Crippen molar-refractivity contribution in [1.29, 1.82) is 0 Å². The van der Waals surface area contributed by atoms with Gasteiger partial charge in [0.25, 0.3) is 0 Å². The van der Waals surface area contributed by atoms with E-state index in [-0.39, 0.29) is 0 Å². The molecule has 0 radical (unpaired) electrons. The average Bonchev–Trinajstić information content (AvgIpc) is 2.75. The molecule has 3 atom stereocenters. The van der Waals surface area contributed by atoms with Crippen molar-refractivity contribution >= 4 is 0 Å². The van der Waals surface area contributed by atoms with Gasteiger partial charge in [0.1, 0.15) is 0 Å². The molecule has 2 saturated carbocycles. The highest BCUT2D eigenvalue weighted by Gasteiger charge is 2.40. The summed E-state index contributed by atoms with van der Waals surface area (Å²) in [4.78, 5) is 2.70. The van der Waals surface area contributed by atoms with Crippen LogP contribution in [-0.4, -0.2) is 30.6 Å². The maximum absolute atomic E-state index is 5.93. The van der Waals surface area contributed by atoms with E-state index in [1.165, 1.54) is 44.9 Å². The standard InChI is InChI=1S/C15H30N2/c1-15(2)10-5-4-9-14(15)17(3)13-8-6-7-12(13)11-16/h12-14H,4-11,16H2,1-3H3. The fourth-order valence-electron chi connectivity index (χ4n) is 4.29. The molecule has 0 heterocycles. The Morgan fingerprint density at radius 2 is 1.88 bits per heavy atom. The van der Waals surface area contributed by atoms with Gasteiger partial charge in [-0.25, -0.2) is 0 Å². The van der Waals surface area contributed by atoms with Crippen molar-refractivity contribution < 1.29 is 0 Å². The van der Waals surface area contributed by atoms with Gasteiger partial charge in [-0.15, -0.1) is 0 Å². The maximum Gasteiger partial charge on any atom is 0.0146 e. The topological polar surface area (TPSA) is 29.3 Å². The molecule has 2 heteroatoms. The zero-order valence-corrected chi connectivity index (χ0v) is 11.9. The molecular weight excluding hydrogens is 208 g/mol. The SMILES string of the molecule is CN(C1CCCC1CN)C1CCCCC1(C)C. The Bertz CT molecular complexity index is 249. The van der Waals surface area contributed by atoms with Crippen LogP contribution < -0.4 is 5.73 Å². The molecule has 0 bridgehead atoms. The Hall–Kier alpha value is -0.0800. The number of hydrogen-bond acceptors (Lipinski definition) is 2. The maximum atomic E-state index is 5.93. The first-order valence-electron chi connectivity index (χ1n) is 7.48. The molecule has 2 aliphatic carbocycles. The molecule has 0 aliphatic heterocycles. The van der Waals surface area contributed by atoms with E-state index in [0.29, 0.717) is 5.41 Å². The molecule has 2 rings (SSSR count). The number of nitrogens with two attached hydrogens (primary N) is 1. The molecule has 2 fully saturated rings. The molecule has 2 aliphatic rings. The molecule has 100 valence electrons. The zero-order chi connectivity index (χ0) is 12.5. The van der Waals surface area contributed by atoms with Crippen LogP contribution in [0.2, 0.25) is 0 Å². The third kappa shape index (κ3) is 2.68. The molecule has 2 N–H and O–H groups in total. The number of rotatable bonds is 3. The summed E-state index contributed by atoms with van der Waals surface area (Å²) in [7, 11) is 2.36. The van der Waals surface area contributed by atoms with Crippen molar-refractivity contribution in [2.45, 2.75) is 70.9 Å². The van der Waals surface area contributed by atoms with Crippen molar-refractivity contribution in [2.24, 2.45) is 17.1 Å². The van der Waals surface area contributed by atoms with E-state index >= 15 is 0 Å². The highest BCUT2D eigenvalue weighted by Crippen LogP contribution is 2.41. The van der Waals surface area contributed by atoms with E-state index in [0.717, 1.165) is 24.5 Å². The molecule has 3 unspecified atom stereocenters. The van der Waals surface area contributed by atoms with Gasteiger partial charge in [0, 0.05) is 12.1 Å². The Kier molecular flexibility index (Phi) is 4.14. The van der Waals surface area contributed by atoms with Crippen LogP contribution in [0.5, 0.6) is 0 Å². The number of hydrogen-bond donors (Lipinski definition) is 1. The van der Waals surface area contributed by atoms with Crippen LogP contribution in [0, 0.1) is 11.3 Å². The number of nitrogens with zero attached hydrogens (tertiary/aromatic N) is 1. The van der Waals surface area contributed by atoms with Crippen molar-refractivity contribution in [3.8, 4) is 0 Å². The second-order valence-electron chi connectivity index (χ2n) is 6.91. The Labute approximate surface area is 107 Å². The normalized spacial score (nSPS) is 37.6. The van der Waals surface area contributed by atoms with Gasteiger partial charge in [-0.05, 0) is 50.6 Å². The minimum Gasteiger partial charge on any atom is -0.330 e. The van der Waals surface area contributed by atoms with Crippen molar-refractivity contribution in [2.75, 3.05) is 13.6 Å². The first kappa shape index (κ1) is 13.4. The zero-order valence-electron chi connectivity index (χ0n) is 11.9. The van der Waals surface area contributed by atoms with E-state index < -0.39 is 0 Å². The largest absolute Gasteiger partial charge is 0.330 e. The van der Waals surface area contributed by atoms with Gasteiger partial charge in [0.2, 0.25) is 0 Å². The first-order valence-corrected chi connectivity index (χ1v) is 7.48. The molecule has 0 amide bonds. The average molecular weight is 238 g/mol. The van der Waals surface area contributed by atoms with Crippen molar-refractivity contribution in [3.05, 3.63) is 0 Å². The lowest BCUT2D eigenvalue weighted by molar-refractivity contribution is 0.0275. The predicted molar refractivity (Wildman–Crippen MR) is 74.0 cm³/mol. The highest BCUT2D eigenvalue weighted by atomic mass is 15.2. The monoisotopic (exact) mass is 238 g/mol. The summed E-state index contributed by atoms with van der Waals surface area (Å²) >= 11 is 0. The lowest BCUT2D eigenvalue weighted by Gasteiger charge is -2.47. The van der Waals surface area contributed by atoms with Crippen LogP contribution in [0.3, 0.4) is 0 Å². The van der Waals surface area contributed by atoms with Gasteiger partial charge in [-0.2, -0.15) is 0 Å². The minimum atomic E-state index is 0.495. The summed E-state index contributed by atoms with van der Waals surface area (Å²) in [6.45, 7) is 5.79. The Morgan fingerprint density at radius 1 is 1.12 bits per heavy atom. The third-order valence-electron chi connectivity index (χ3n) is 5.39. The van der Waals surface area contributed by atoms with Gasteiger partial charge in [0.05, 0.1) is 0 Å². The van der Waals surface area contributed by atoms with Crippen LogP contribution in [0.1, 0.15) is 58.8 Å². The molecule has 0 aromatic rings. The summed E-state index contributed by atoms with van der Waals surface area (Å²) in [6, 6.07) is 1.52. The second-order valence-corrected chi connectivity index (χ2v) is 6.91. The van der Waals surface area contributed by atoms with Crippen LogP contribution in [0.25, 0.3) is 0 Å².